The molecule has 2 amide bonds. The molecule has 0 aromatic heterocycles. The summed E-state index contributed by atoms with van der Waals surface area (Å²) in [6.45, 7) is 2.51. The van der Waals surface area contributed by atoms with Crippen LogP contribution in [0.15, 0.2) is 24.3 Å². The van der Waals surface area contributed by atoms with Gasteiger partial charge in [-0.2, -0.15) is 0 Å². The summed E-state index contributed by atoms with van der Waals surface area (Å²) in [7, 11) is 1.53. The first-order valence-electron chi connectivity index (χ1n) is 8.32. The van der Waals surface area contributed by atoms with Crippen LogP contribution >= 0.6 is 0 Å². The highest BCUT2D eigenvalue weighted by atomic mass is 16.5. The van der Waals surface area contributed by atoms with E-state index in [0.717, 1.165) is 6.42 Å². The zero-order valence-electron chi connectivity index (χ0n) is 13.9. The van der Waals surface area contributed by atoms with Gasteiger partial charge in [0, 0.05) is 19.0 Å². The first-order valence-corrected chi connectivity index (χ1v) is 8.32. The molecule has 5 heteroatoms. The highest BCUT2D eigenvalue weighted by Crippen LogP contribution is 2.23. The maximum Gasteiger partial charge on any atom is 0.255 e. The van der Waals surface area contributed by atoms with Gasteiger partial charge in [-0.1, -0.05) is 31.9 Å². The molecular formula is C18H26N2O3. The Morgan fingerprint density at radius 3 is 2.70 bits per heavy atom. The van der Waals surface area contributed by atoms with Crippen molar-refractivity contribution in [1.82, 2.24) is 10.6 Å². The van der Waals surface area contributed by atoms with E-state index in [2.05, 4.69) is 17.6 Å². The summed E-state index contributed by atoms with van der Waals surface area (Å²) >= 11 is 0. The van der Waals surface area contributed by atoms with Crippen LogP contribution in [0.25, 0.3) is 0 Å². The predicted octanol–water partition coefficient (Wildman–Crippen LogP) is 2.51. The molecule has 1 fully saturated rings. The number of amides is 2. The fourth-order valence-electron chi connectivity index (χ4n) is 3.03. The summed E-state index contributed by atoms with van der Waals surface area (Å²) in [4.78, 5) is 24.1. The number of benzene rings is 1. The minimum atomic E-state index is -0.221. The van der Waals surface area contributed by atoms with Crippen LogP contribution in [-0.2, 0) is 4.79 Å². The molecule has 1 aromatic carbocycles. The number of methoxy groups -OCH3 is 1. The Kier molecular flexibility index (Phi) is 6.44. The van der Waals surface area contributed by atoms with Crippen molar-refractivity contribution in [3.8, 4) is 5.75 Å². The molecule has 0 heterocycles. The number of rotatable bonds is 6. The van der Waals surface area contributed by atoms with Gasteiger partial charge >= 0.3 is 0 Å². The number of ether oxygens (including phenoxy) is 1. The first-order chi connectivity index (χ1) is 11.1. The van der Waals surface area contributed by atoms with Gasteiger partial charge in [-0.15, -0.1) is 0 Å². The number of hydrogen-bond donors (Lipinski definition) is 2. The number of nitrogens with one attached hydrogen (secondary N) is 2. The summed E-state index contributed by atoms with van der Waals surface area (Å²) in [6.07, 6.45) is 4.96. The molecule has 1 aromatic rings. The van der Waals surface area contributed by atoms with Crippen molar-refractivity contribution in [3.63, 3.8) is 0 Å². The Morgan fingerprint density at radius 2 is 1.96 bits per heavy atom. The van der Waals surface area contributed by atoms with Crippen molar-refractivity contribution < 1.29 is 14.3 Å². The first kappa shape index (κ1) is 17.3. The fourth-order valence-corrected chi connectivity index (χ4v) is 3.03. The molecule has 2 N–H and O–H groups in total. The summed E-state index contributed by atoms with van der Waals surface area (Å²) in [5.74, 6) is 0.853. The number of para-hydroxylation sites is 1. The molecule has 23 heavy (non-hydrogen) atoms. The lowest BCUT2D eigenvalue weighted by molar-refractivity contribution is -0.122. The van der Waals surface area contributed by atoms with Crippen LogP contribution in [-0.4, -0.2) is 31.5 Å². The molecule has 2 rings (SSSR count). The smallest absolute Gasteiger partial charge is 0.255 e. The molecule has 0 unspecified atom stereocenters. The number of carbonyl (C=O) groups is 2. The fraction of sp³-hybridized carbons (Fsp3) is 0.556. The highest BCUT2D eigenvalue weighted by Gasteiger charge is 2.22. The monoisotopic (exact) mass is 318 g/mol. The summed E-state index contributed by atoms with van der Waals surface area (Å²) in [6, 6.07) is 7.33. The lowest BCUT2D eigenvalue weighted by Crippen LogP contribution is -2.42. The molecule has 0 spiro atoms. The molecule has 1 saturated carbocycles. The van der Waals surface area contributed by atoms with E-state index >= 15 is 0 Å². The molecule has 126 valence electrons. The third-order valence-corrected chi connectivity index (χ3v) is 4.45. The van der Waals surface area contributed by atoms with Crippen LogP contribution in [0.3, 0.4) is 0 Å². The van der Waals surface area contributed by atoms with Crippen molar-refractivity contribution in [1.29, 1.82) is 0 Å². The lowest BCUT2D eigenvalue weighted by atomic mass is 9.86. The molecular weight excluding hydrogens is 292 g/mol. The van der Waals surface area contributed by atoms with E-state index in [0.29, 0.717) is 30.2 Å². The second-order valence-electron chi connectivity index (χ2n) is 6.14. The van der Waals surface area contributed by atoms with Crippen LogP contribution in [0.2, 0.25) is 0 Å². The van der Waals surface area contributed by atoms with Crippen LogP contribution in [0.4, 0.5) is 0 Å². The normalized spacial score (nSPS) is 20.6. The topological polar surface area (TPSA) is 67.4 Å². The molecule has 1 aliphatic rings. The van der Waals surface area contributed by atoms with Gasteiger partial charge in [0.1, 0.15) is 5.75 Å². The Labute approximate surface area is 137 Å². The quantitative estimate of drug-likeness (QED) is 0.847. The highest BCUT2D eigenvalue weighted by molar-refractivity contribution is 5.97. The summed E-state index contributed by atoms with van der Waals surface area (Å²) < 4.78 is 5.17. The van der Waals surface area contributed by atoms with E-state index in [1.807, 2.05) is 6.07 Å². The minimum Gasteiger partial charge on any atom is -0.496 e. The van der Waals surface area contributed by atoms with Gasteiger partial charge in [-0.05, 0) is 30.9 Å². The minimum absolute atomic E-state index is 0.00377. The molecule has 0 radical (unpaired) electrons. The molecule has 0 bridgehead atoms. The van der Waals surface area contributed by atoms with E-state index in [-0.39, 0.29) is 17.9 Å². The average molecular weight is 318 g/mol. The standard InChI is InChI=1S/C18H26N2O3/c1-13-7-3-5-9-15(13)20-17(21)11-12-19-18(22)14-8-4-6-10-16(14)23-2/h4,6,8,10,13,15H,3,5,7,9,11-12H2,1-2H3,(H,19,22)(H,20,21)/t13-,15-/m0/s1. The summed E-state index contributed by atoms with van der Waals surface area (Å²) in [5, 5.41) is 5.86. The van der Waals surface area contributed by atoms with Crippen molar-refractivity contribution in [2.24, 2.45) is 5.92 Å². The maximum atomic E-state index is 12.1. The molecule has 2 atom stereocenters. The molecule has 0 saturated heterocycles. The van der Waals surface area contributed by atoms with Crippen molar-refractivity contribution >= 4 is 11.8 Å². The Morgan fingerprint density at radius 1 is 1.22 bits per heavy atom. The van der Waals surface area contributed by atoms with Gasteiger partial charge in [-0.3, -0.25) is 9.59 Å². The van der Waals surface area contributed by atoms with Gasteiger partial charge in [0.15, 0.2) is 0 Å². The van der Waals surface area contributed by atoms with E-state index in [4.69, 9.17) is 4.74 Å². The molecule has 5 nitrogen and oxygen atoms in total. The van der Waals surface area contributed by atoms with Gasteiger partial charge in [0.2, 0.25) is 5.91 Å². The second-order valence-corrected chi connectivity index (χ2v) is 6.14. The van der Waals surface area contributed by atoms with Crippen LogP contribution < -0.4 is 15.4 Å². The molecule has 1 aliphatic carbocycles. The van der Waals surface area contributed by atoms with Crippen molar-refractivity contribution in [3.05, 3.63) is 29.8 Å². The number of carbonyl (C=O) groups excluding carboxylic acids is 2. The zero-order valence-corrected chi connectivity index (χ0v) is 13.9. The van der Waals surface area contributed by atoms with Crippen LogP contribution in [0.1, 0.15) is 49.4 Å². The lowest BCUT2D eigenvalue weighted by Gasteiger charge is -2.29. The predicted molar refractivity (Wildman–Crippen MR) is 89.5 cm³/mol. The third-order valence-electron chi connectivity index (χ3n) is 4.45. The Hall–Kier alpha value is -2.04. The largest absolute Gasteiger partial charge is 0.496 e. The van der Waals surface area contributed by atoms with Crippen LogP contribution in [0, 0.1) is 5.92 Å². The van der Waals surface area contributed by atoms with E-state index in [9.17, 15) is 9.59 Å². The van der Waals surface area contributed by atoms with Gasteiger partial charge in [0.05, 0.1) is 12.7 Å². The van der Waals surface area contributed by atoms with Crippen molar-refractivity contribution in [2.75, 3.05) is 13.7 Å². The van der Waals surface area contributed by atoms with Gasteiger partial charge < -0.3 is 15.4 Å². The van der Waals surface area contributed by atoms with Crippen LogP contribution in [0.5, 0.6) is 5.75 Å². The maximum absolute atomic E-state index is 12.1. The van der Waals surface area contributed by atoms with E-state index < -0.39 is 0 Å². The average Bonchev–Trinajstić information content (AvgIpc) is 2.56. The van der Waals surface area contributed by atoms with E-state index in [1.165, 1.54) is 26.4 Å². The summed E-state index contributed by atoms with van der Waals surface area (Å²) in [5.41, 5.74) is 0.483. The third kappa shape index (κ3) is 4.98. The Balaban J connectivity index is 1.75. The van der Waals surface area contributed by atoms with Gasteiger partial charge in [0.25, 0.3) is 5.91 Å². The van der Waals surface area contributed by atoms with Gasteiger partial charge in [-0.25, -0.2) is 0 Å². The van der Waals surface area contributed by atoms with E-state index in [1.54, 1.807) is 18.2 Å². The SMILES string of the molecule is COc1ccccc1C(=O)NCCC(=O)N[C@H]1CCCC[C@@H]1C. The zero-order chi connectivity index (χ0) is 16.7. The Bertz CT molecular complexity index is 545. The second kappa shape index (κ2) is 8.56. The number of hydrogen-bond acceptors (Lipinski definition) is 3. The molecule has 0 aliphatic heterocycles. The van der Waals surface area contributed by atoms with Crippen molar-refractivity contribution in [2.45, 2.75) is 45.1 Å².